The standard InChI is InChI=1S/C17H31N3O/c1-4-7-8-9-10-11-13-21-17-15(6-3)16(18-12-5-2)19-14-20-17/h14H,4-13H2,1-3H3,(H,18,19,20). The van der Waals surface area contributed by atoms with E-state index in [0.29, 0.717) is 0 Å². The van der Waals surface area contributed by atoms with Crippen molar-refractivity contribution >= 4 is 5.82 Å². The molecule has 4 nitrogen and oxygen atoms in total. The van der Waals surface area contributed by atoms with Crippen LogP contribution in [-0.4, -0.2) is 23.1 Å². The summed E-state index contributed by atoms with van der Waals surface area (Å²) >= 11 is 0. The average Bonchev–Trinajstić information content (AvgIpc) is 2.52. The van der Waals surface area contributed by atoms with E-state index in [1.165, 1.54) is 32.1 Å². The van der Waals surface area contributed by atoms with Gasteiger partial charge in [0.05, 0.1) is 12.2 Å². The molecule has 1 rings (SSSR count). The van der Waals surface area contributed by atoms with Crippen molar-refractivity contribution in [1.29, 1.82) is 0 Å². The highest BCUT2D eigenvalue weighted by molar-refractivity contribution is 5.48. The Labute approximate surface area is 129 Å². The van der Waals surface area contributed by atoms with Gasteiger partial charge in [-0.15, -0.1) is 0 Å². The third-order valence-electron chi connectivity index (χ3n) is 3.54. The maximum Gasteiger partial charge on any atom is 0.221 e. The van der Waals surface area contributed by atoms with Crippen molar-refractivity contribution in [2.45, 2.75) is 72.1 Å². The lowest BCUT2D eigenvalue weighted by Crippen LogP contribution is -2.09. The Hall–Kier alpha value is -1.32. The van der Waals surface area contributed by atoms with Gasteiger partial charge < -0.3 is 10.1 Å². The van der Waals surface area contributed by atoms with Gasteiger partial charge in [0.2, 0.25) is 5.88 Å². The molecular weight excluding hydrogens is 262 g/mol. The third kappa shape index (κ3) is 6.78. The normalized spacial score (nSPS) is 10.6. The zero-order chi connectivity index (χ0) is 15.3. The lowest BCUT2D eigenvalue weighted by molar-refractivity contribution is 0.290. The van der Waals surface area contributed by atoms with E-state index in [4.69, 9.17) is 4.74 Å². The summed E-state index contributed by atoms with van der Waals surface area (Å²) in [6.07, 6.45) is 11.2. The summed E-state index contributed by atoms with van der Waals surface area (Å²) in [4.78, 5) is 8.62. The van der Waals surface area contributed by atoms with Crippen LogP contribution in [0.15, 0.2) is 6.33 Å². The highest BCUT2D eigenvalue weighted by atomic mass is 16.5. The van der Waals surface area contributed by atoms with Crippen LogP contribution in [-0.2, 0) is 6.42 Å². The van der Waals surface area contributed by atoms with Crippen LogP contribution in [0.3, 0.4) is 0 Å². The molecule has 0 aliphatic carbocycles. The van der Waals surface area contributed by atoms with Gasteiger partial charge in [-0.25, -0.2) is 9.97 Å². The number of hydrogen-bond acceptors (Lipinski definition) is 4. The fraction of sp³-hybridized carbons (Fsp3) is 0.765. The van der Waals surface area contributed by atoms with Gasteiger partial charge in [0, 0.05) is 6.54 Å². The molecular formula is C17H31N3O. The average molecular weight is 293 g/mol. The number of unbranched alkanes of at least 4 members (excludes halogenated alkanes) is 5. The van der Waals surface area contributed by atoms with E-state index in [2.05, 4.69) is 36.1 Å². The molecule has 0 unspecified atom stereocenters. The van der Waals surface area contributed by atoms with Crippen molar-refractivity contribution in [1.82, 2.24) is 9.97 Å². The Morgan fingerprint density at radius 2 is 1.71 bits per heavy atom. The second-order valence-corrected chi connectivity index (χ2v) is 5.40. The number of hydrogen-bond donors (Lipinski definition) is 1. The quantitative estimate of drug-likeness (QED) is 0.572. The Balaban J connectivity index is 2.39. The van der Waals surface area contributed by atoms with Gasteiger partial charge >= 0.3 is 0 Å². The van der Waals surface area contributed by atoms with Gasteiger partial charge in [0.1, 0.15) is 12.1 Å². The summed E-state index contributed by atoms with van der Waals surface area (Å²) in [5.41, 5.74) is 1.09. The van der Waals surface area contributed by atoms with Crippen LogP contribution >= 0.6 is 0 Å². The van der Waals surface area contributed by atoms with Crippen LogP contribution in [0.5, 0.6) is 5.88 Å². The van der Waals surface area contributed by atoms with Crippen LogP contribution < -0.4 is 10.1 Å². The summed E-state index contributed by atoms with van der Waals surface area (Å²) < 4.78 is 5.86. The zero-order valence-electron chi connectivity index (χ0n) is 14.0. The van der Waals surface area contributed by atoms with Gasteiger partial charge in [-0.1, -0.05) is 52.9 Å². The minimum absolute atomic E-state index is 0.750. The fourth-order valence-corrected chi connectivity index (χ4v) is 2.29. The third-order valence-corrected chi connectivity index (χ3v) is 3.54. The van der Waals surface area contributed by atoms with Gasteiger partial charge in [-0.2, -0.15) is 0 Å². The molecule has 0 aliphatic heterocycles. The van der Waals surface area contributed by atoms with E-state index in [1.807, 2.05) is 0 Å². The molecule has 120 valence electrons. The minimum Gasteiger partial charge on any atom is -0.477 e. The van der Waals surface area contributed by atoms with Gasteiger partial charge in [0.25, 0.3) is 0 Å². The topological polar surface area (TPSA) is 47.0 Å². The molecule has 0 spiro atoms. The first-order chi connectivity index (χ1) is 10.3. The molecule has 1 aromatic heterocycles. The molecule has 21 heavy (non-hydrogen) atoms. The van der Waals surface area contributed by atoms with Crippen LogP contribution in [0.1, 0.15) is 71.3 Å². The van der Waals surface area contributed by atoms with Crippen molar-refractivity contribution in [2.24, 2.45) is 0 Å². The fourth-order valence-electron chi connectivity index (χ4n) is 2.29. The second kappa shape index (κ2) is 11.4. The summed E-state index contributed by atoms with van der Waals surface area (Å²) in [7, 11) is 0. The Bertz CT molecular complexity index is 382. The molecule has 1 N–H and O–H groups in total. The molecule has 0 radical (unpaired) electrons. The summed E-state index contributed by atoms with van der Waals surface area (Å²) in [5, 5.41) is 3.35. The number of anilines is 1. The van der Waals surface area contributed by atoms with Crippen molar-refractivity contribution in [3.05, 3.63) is 11.9 Å². The van der Waals surface area contributed by atoms with E-state index in [0.717, 1.165) is 49.7 Å². The summed E-state index contributed by atoms with van der Waals surface area (Å²) in [5.74, 6) is 1.67. The maximum absolute atomic E-state index is 5.86. The minimum atomic E-state index is 0.750. The summed E-state index contributed by atoms with van der Waals surface area (Å²) in [6, 6.07) is 0. The molecule has 1 aromatic rings. The van der Waals surface area contributed by atoms with E-state index < -0.39 is 0 Å². The molecule has 0 amide bonds. The largest absolute Gasteiger partial charge is 0.477 e. The van der Waals surface area contributed by atoms with Crippen molar-refractivity contribution in [3.8, 4) is 5.88 Å². The van der Waals surface area contributed by atoms with E-state index in [-0.39, 0.29) is 0 Å². The molecule has 0 fully saturated rings. The second-order valence-electron chi connectivity index (χ2n) is 5.40. The monoisotopic (exact) mass is 293 g/mol. The lowest BCUT2D eigenvalue weighted by Gasteiger charge is -2.13. The highest BCUT2D eigenvalue weighted by Gasteiger charge is 2.10. The van der Waals surface area contributed by atoms with Crippen molar-refractivity contribution < 1.29 is 4.74 Å². The first-order valence-corrected chi connectivity index (χ1v) is 8.53. The van der Waals surface area contributed by atoms with Crippen LogP contribution in [0.2, 0.25) is 0 Å². The molecule has 0 aromatic carbocycles. The lowest BCUT2D eigenvalue weighted by atomic mass is 10.1. The zero-order valence-corrected chi connectivity index (χ0v) is 14.0. The van der Waals surface area contributed by atoms with Gasteiger partial charge in [-0.3, -0.25) is 0 Å². The highest BCUT2D eigenvalue weighted by Crippen LogP contribution is 2.22. The Kier molecular flexibility index (Phi) is 9.58. The maximum atomic E-state index is 5.86. The number of nitrogens with one attached hydrogen (secondary N) is 1. The Morgan fingerprint density at radius 1 is 0.952 bits per heavy atom. The van der Waals surface area contributed by atoms with Crippen molar-refractivity contribution in [3.63, 3.8) is 0 Å². The molecule has 4 heteroatoms. The molecule has 0 saturated carbocycles. The van der Waals surface area contributed by atoms with E-state index in [9.17, 15) is 0 Å². The molecule has 1 heterocycles. The van der Waals surface area contributed by atoms with Crippen molar-refractivity contribution in [2.75, 3.05) is 18.5 Å². The van der Waals surface area contributed by atoms with E-state index >= 15 is 0 Å². The number of nitrogens with zero attached hydrogens (tertiary/aromatic N) is 2. The number of rotatable bonds is 12. The van der Waals surface area contributed by atoms with E-state index in [1.54, 1.807) is 6.33 Å². The number of aromatic nitrogens is 2. The molecule has 0 atom stereocenters. The Morgan fingerprint density at radius 3 is 2.43 bits per heavy atom. The summed E-state index contributed by atoms with van der Waals surface area (Å²) in [6.45, 7) is 8.20. The predicted molar refractivity (Wildman–Crippen MR) is 89.1 cm³/mol. The molecule has 0 bridgehead atoms. The van der Waals surface area contributed by atoms with Gasteiger partial charge in [0.15, 0.2) is 0 Å². The SMILES string of the molecule is CCCCCCCCOc1ncnc(NCCC)c1CC. The molecule has 0 aliphatic rings. The van der Waals surface area contributed by atoms with Gasteiger partial charge in [-0.05, 0) is 19.3 Å². The predicted octanol–water partition coefficient (Wildman–Crippen LogP) is 4.60. The first-order valence-electron chi connectivity index (χ1n) is 8.53. The first kappa shape index (κ1) is 17.7. The van der Waals surface area contributed by atoms with Crippen LogP contribution in [0, 0.1) is 0 Å². The number of ether oxygens (including phenoxy) is 1. The van der Waals surface area contributed by atoms with Crippen LogP contribution in [0.4, 0.5) is 5.82 Å². The molecule has 0 saturated heterocycles. The smallest absolute Gasteiger partial charge is 0.221 e. The van der Waals surface area contributed by atoms with Crippen LogP contribution in [0.25, 0.3) is 0 Å².